The lowest BCUT2D eigenvalue weighted by molar-refractivity contribution is 0.673. The molecular weight excluding hydrogens is 314 g/mol. The highest BCUT2D eigenvalue weighted by molar-refractivity contribution is 7.17. The minimum Gasteiger partial charge on any atom is -0.455 e. The third-order valence-electron chi connectivity index (χ3n) is 4.74. The van der Waals surface area contributed by atoms with Crippen LogP contribution in [0.1, 0.15) is 11.1 Å². The Hall–Kier alpha value is -2.65. The van der Waals surface area contributed by atoms with E-state index in [-0.39, 0.29) is 0 Å². The van der Waals surface area contributed by atoms with Gasteiger partial charge in [-0.1, -0.05) is 12.1 Å². The molecule has 0 amide bonds. The van der Waals surface area contributed by atoms with Crippen LogP contribution in [0.3, 0.4) is 0 Å². The zero-order valence-corrected chi connectivity index (χ0v) is 14.3. The Morgan fingerprint density at radius 3 is 2.62 bits per heavy atom. The van der Waals surface area contributed by atoms with E-state index in [1.807, 2.05) is 6.20 Å². The van der Waals surface area contributed by atoms with Crippen molar-refractivity contribution in [2.45, 2.75) is 13.8 Å². The SMILES string of the molecule is Cc1cnc(-c2cccc3c2oc2c4ccsc4ccc32)cc1C. The van der Waals surface area contributed by atoms with Gasteiger partial charge in [-0.25, -0.2) is 0 Å². The topological polar surface area (TPSA) is 26.0 Å². The first-order valence-electron chi connectivity index (χ1n) is 7.97. The number of para-hydroxylation sites is 1. The van der Waals surface area contributed by atoms with E-state index in [1.165, 1.54) is 26.6 Å². The second-order valence-corrected chi connectivity index (χ2v) is 7.16. The van der Waals surface area contributed by atoms with E-state index in [2.05, 4.69) is 66.7 Å². The molecule has 2 nitrogen and oxygen atoms in total. The molecule has 0 spiro atoms. The van der Waals surface area contributed by atoms with Crippen LogP contribution in [0.25, 0.3) is 43.3 Å². The van der Waals surface area contributed by atoms with Crippen LogP contribution < -0.4 is 0 Å². The first kappa shape index (κ1) is 13.8. The molecule has 0 bridgehead atoms. The predicted molar refractivity (Wildman–Crippen MR) is 102 cm³/mol. The molecule has 24 heavy (non-hydrogen) atoms. The molecule has 2 aromatic carbocycles. The van der Waals surface area contributed by atoms with Gasteiger partial charge in [0, 0.05) is 32.6 Å². The van der Waals surface area contributed by atoms with E-state index >= 15 is 0 Å². The first-order chi connectivity index (χ1) is 11.7. The number of pyridine rings is 1. The minimum absolute atomic E-state index is 0.918. The lowest BCUT2D eigenvalue weighted by Crippen LogP contribution is -1.88. The van der Waals surface area contributed by atoms with Gasteiger partial charge in [-0.15, -0.1) is 11.3 Å². The number of furan rings is 1. The summed E-state index contributed by atoms with van der Waals surface area (Å²) in [6.07, 6.45) is 1.93. The van der Waals surface area contributed by atoms with E-state index in [0.29, 0.717) is 0 Å². The van der Waals surface area contributed by atoms with Gasteiger partial charge in [-0.2, -0.15) is 0 Å². The molecule has 116 valence electrons. The molecule has 0 saturated carbocycles. The molecule has 0 aliphatic heterocycles. The smallest absolute Gasteiger partial charge is 0.144 e. The lowest BCUT2D eigenvalue weighted by atomic mass is 10.0. The molecule has 3 heterocycles. The van der Waals surface area contributed by atoms with Crippen LogP contribution >= 0.6 is 11.3 Å². The average molecular weight is 329 g/mol. The van der Waals surface area contributed by atoms with Crippen molar-refractivity contribution in [2.75, 3.05) is 0 Å². The monoisotopic (exact) mass is 329 g/mol. The molecule has 0 N–H and O–H groups in total. The number of hydrogen-bond donors (Lipinski definition) is 0. The first-order valence-corrected chi connectivity index (χ1v) is 8.85. The number of hydrogen-bond acceptors (Lipinski definition) is 3. The van der Waals surface area contributed by atoms with Crippen molar-refractivity contribution in [1.29, 1.82) is 0 Å². The van der Waals surface area contributed by atoms with Crippen molar-refractivity contribution >= 4 is 43.4 Å². The molecule has 0 saturated heterocycles. The van der Waals surface area contributed by atoms with Crippen molar-refractivity contribution in [3.05, 3.63) is 65.2 Å². The van der Waals surface area contributed by atoms with Gasteiger partial charge in [-0.05, 0) is 60.7 Å². The second kappa shape index (κ2) is 4.92. The predicted octanol–water partition coefficient (Wildman–Crippen LogP) is 6.48. The van der Waals surface area contributed by atoms with Crippen molar-refractivity contribution < 1.29 is 4.42 Å². The average Bonchev–Trinajstić information content (AvgIpc) is 3.20. The summed E-state index contributed by atoms with van der Waals surface area (Å²) in [5.74, 6) is 0. The van der Waals surface area contributed by atoms with Gasteiger partial charge < -0.3 is 4.42 Å². The maximum Gasteiger partial charge on any atom is 0.144 e. The second-order valence-electron chi connectivity index (χ2n) is 6.21. The summed E-state index contributed by atoms with van der Waals surface area (Å²) in [4.78, 5) is 4.62. The number of aromatic nitrogens is 1. The third kappa shape index (κ3) is 1.85. The van der Waals surface area contributed by atoms with Crippen molar-refractivity contribution in [3.63, 3.8) is 0 Å². The zero-order chi connectivity index (χ0) is 16.3. The van der Waals surface area contributed by atoms with Gasteiger partial charge in [0.05, 0.1) is 5.69 Å². The van der Waals surface area contributed by atoms with Crippen LogP contribution in [-0.2, 0) is 0 Å². The molecule has 0 atom stereocenters. The minimum atomic E-state index is 0.918. The number of rotatable bonds is 1. The molecule has 3 heteroatoms. The van der Waals surface area contributed by atoms with E-state index in [0.717, 1.165) is 27.8 Å². The Morgan fingerprint density at radius 1 is 0.875 bits per heavy atom. The quantitative estimate of drug-likeness (QED) is 0.352. The molecule has 5 aromatic rings. The van der Waals surface area contributed by atoms with E-state index in [4.69, 9.17) is 4.42 Å². The molecule has 0 radical (unpaired) electrons. The van der Waals surface area contributed by atoms with E-state index in [1.54, 1.807) is 11.3 Å². The van der Waals surface area contributed by atoms with E-state index in [9.17, 15) is 0 Å². The molecule has 3 aromatic heterocycles. The fraction of sp³-hybridized carbons (Fsp3) is 0.0952. The summed E-state index contributed by atoms with van der Waals surface area (Å²) < 4.78 is 7.60. The van der Waals surface area contributed by atoms with Gasteiger partial charge >= 0.3 is 0 Å². The summed E-state index contributed by atoms with van der Waals surface area (Å²) in [5, 5.41) is 5.62. The number of fused-ring (bicyclic) bond motifs is 5. The molecule has 0 aliphatic carbocycles. The highest BCUT2D eigenvalue weighted by Crippen LogP contribution is 2.39. The third-order valence-corrected chi connectivity index (χ3v) is 5.63. The van der Waals surface area contributed by atoms with Crippen LogP contribution in [0.5, 0.6) is 0 Å². The summed E-state index contributed by atoms with van der Waals surface area (Å²) >= 11 is 1.74. The lowest BCUT2D eigenvalue weighted by Gasteiger charge is -2.05. The number of aryl methyl sites for hydroxylation is 2. The number of benzene rings is 2. The summed E-state index contributed by atoms with van der Waals surface area (Å²) in [6.45, 7) is 4.20. The fourth-order valence-electron chi connectivity index (χ4n) is 3.27. The van der Waals surface area contributed by atoms with Crippen LogP contribution in [0, 0.1) is 13.8 Å². The van der Waals surface area contributed by atoms with Crippen LogP contribution in [0.15, 0.2) is 58.5 Å². The summed E-state index contributed by atoms with van der Waals surface area (Å²) in [7, 11) is 0. The van der Waals surface area contributed by atoms with Gasteiger partial charge in [0.2, 0.25) is 0 Å². The van der Waals surface area contributed by atoms with Gasteiger partial charge in [-0.3, -0.25) is 4.98 Å². The van der Waals surface area contributed by atoms with Crippen LogP contribution in [0.2, 0.25) is 0 Å². The van der Waals surface area contributed by atoms with Crippen LogP contribution in [0.4, 0.5) is 0 Å². The van der Waals surface area contributed by atoms with Gasteiger partial charge in [0.1, 0.15) is 11.2 Å². The Labute approximate surface area is 143 Å². The van der Waals surface area contributed by atoms with Crippen molar-refractivity contribution in [2.24, 2.45) is 0 Å². The zero-order valence-electron chi connectivity index (χ0n) is 13.5. The Bertz CT molecular complexity index is 1230. The number of nitrogens with zero attached hydrogens (tertiary/aromatic N) is 1. The van der Waals surface area contributed by atoms with Crippen LogP contribution in [-0.4, -0.2) is 4.98 Å². The molecule has 0 fully saturated rings. The molecule has 0 unspecified atom stereocenters. The molecular formula is C21H15NOS. The normalized spacial score (nSPS) is 11.8. The highest BCUT2D eigenvalue weighted by Gasteiger charge is 2.15. The van der Waals surface area contributed by atoms with Gasteiger partial charge in [0.25, 0.3) is 0 Å². The summed E-state index contributed by atoms with van der Waals surface area (Å²) in [5.41, 5.74) is 6.35. The van der Waals surface area contributed by atoms with Gasteiger partial charge in [0.15, 0.2) is 0 Å². The number of thiophene rings is 1. The maximum atomic E-state index is 6.35. The summed E-state index contributed by atoms with van der Waals surface area (Å²) in [6, 6.07) is 14.9. The van der Waals surface area contributed by atoms with E-state index < -0.39 is 0 Å². The maximum absolute atomic E-state index is 6.35. The highest BCUT2D eigenvalue weighted by atomic mass is 32.1. The van der Waals surface area contributed by atoms with Crippen molar-refractivity contribution in [3.8, 4) is 11.3 Å². The largest absolute Gasteiger partial charge is 0.455 e. The molecule has 0 aliphatic rings. The Morgan fingerprint density at radius 2 is 1.75 bits per heavy atom. The fourth-order valence-corrected chi connectivity index (χ4v) is 4.06. The Balaban J connectivity index is 1.89. The Kier molecular flexibility index (Phi) is 2.82. The molecule has 5 rings (SSSR count). The standard InChI is InChI=1S/C21H15NOS/c1-12-10-18(22-11-13(12)2)16-5-3-4-14-15-6-7-19-17(8-9-24-19)21(15)23-20(14)16/h3-11H,1-2H3. The van der Waals surface area contributed by atoms with Crippen molar-refractivity contribution in [1.82, 2.24) is 4.98 Å².